The van der Waals surface area contributed by atoms with Crippen LogP contribution in [0.15, 0.2) is 18.3 Å². The molecule has 1 aromatic heterocycles. The molecule has 2 rings (SSSR count). The predicted octanol–water partition coefficient (Wildman–Crippen LogP) is 1.06. The molecule has 0 saturated carbocycles. The van der Waals surface area contributed by atoms with E-state index in [1.54, 1.807) is 0 Å². The average molecular weight is 221 g/mol. The summed E-state index contributed by atoms with van der Waals surface area (Å²) in [5.74, 6) is 0.983. The zero-order valence-electron chi connectivity index (χ0n) is 9.63. The number of aliphatic hydroxyl groups is 1. The third-order valence-electron chi connectivity index (χ3n) is 3.09. The summed E-state index contributed by atoms with van der Waals surface area (Å²) in [7, 11) is 0. The van der Waals surface area contributed by atoms with E-state index in [0.29, 0.717) is 0 Å². The van der Waals surface area contributed by atoms with Gasteiger partial charge in [-0.3, -0.25) is 0 Å². The van der Waals surface area contributed by atoms with Gasteiger partial charge in [-0.05, 0) is 31.4 Å². The summed E-state index contributed by atoms with van der Waals surface area (Å²) < 4.78 is 0. The van der Waals surface area contributed by atoms with Crippen molar-refractivity contribution in [1.29, 1.82) is 0 Å². The number of anilines is 1. The van der Waals surface area contributed by atoms with Crippen molar-refractivity contribution in [1.82, 2.24) is 4.98 Å². The molecule has 1 aromatic rings. The summed E-state index contributed by atoms with van der Waals surface area (Å²) >= 11 is 0. The molecule has 1 unspecified atom stereocenters. The second kappa shape index (κ2) is 4.80. The van der Waals surface area contributed by atoms with Crippen molar-refractivity contribution in [3.63, 3.8) is 0 Å². The molecule has 2 heterocycles. The van der Waals surface area contributed by atoms with Gasteiger partial charge in [0.05, 0.1) is 6.10 Å². The van der Waals surface area contributed by atoms with Crippen LogP contribution in [0.2, 0.25) is 0 Å². The molecule has 0 amide bonds. The van der Waals surface area contributed by atoms with Gasteiger partial charge >= 0.3 is 0 Å². The van der Waals surface area contributed by atoms with Crippen LogP contribution in [-0.2, 0) is 0 Å². The van der Waals surface area contributed by atoms with Crippen molar-refractivity contribution < 1.29 is 5.11 Å². The lowest BCUT2D eigenvalue weighted by atomic mass is 10.1. The van der Waals surface area contributed by atoms with E-state index in [-0.39, 0.29) is 12.1 Å². The lowest BCUT2D eigenvalue weighted by Gasteiger charge is -2.30. The van der Waals surface area contributed by atoms with Crippen LogP contribution in [0.1, 0.15) is 31.4 Å². The Balaban J connectivity index is 2.04. The summed E-state index contributed by atoms with van der Waals surface area (Å²) in [5.41, 5.74) is 6.83. The number of rotatable bonds is 2. The minimum Gasteiger partial charge on any atom is -0.393 e. The van der Waals surface area contributed by atoms with Crippen LogP contribution < -0.4 is 10.6 Å². The number of hydrogen-bond donors (Lipinski definition) is 2. The van der Waals surface area contributed by atoms with E-state index in [4.69, 9.17) is 5.73 Å². The van der Waals surface area contributed by atoms with Gasteiger partial charge in [-0.1, -0.05) is 6.07 Å². The molecule has 16 heavy (non-hydrogen) atoms. The van der Waals surface area contributed by atoms with Crippen LogP contribution in [0, 0.1) is 0 Å². The Morgan fingerprint density at radius 1 is 1.44 bits per heavy atom. The fraction of sp³-hybridized carbons (Fsp3) is 0.583. The molecule has 0 aliphatic carbocycles. The highest BCUT2D eigenvalue weighted by atomic mass is 16.3. The van der Waals surface area contributed by atoms with E-state index >= 15 is 0 Å². The Labute approximate surface area is 96.1 Å². The lowest BCUT2D eigenvalue weighted by molar-refractivity contribution is 0.145. The molecule has 4 heteroatoms. The zero-order valence-corrected chi connectivity index (χ0v) is 9.63. The van der Waals surface area contributed by atoms with Gasteiger partial charge in [-0.25, -0.2) is 4.98 Å². The Kier molecular flexibility index (Phi) is 3.41. The van der Waals surface area contributed by atoms with E-state index in [1.807, 2.05) is 25.3 Å². The maximum Gasteiger partial charge on any atom is 0.128 e. The summed E-state index contributed by atoms with van der Waals surface area (Å²) in [6.07, 6.45) is 3.36. The van der Waals surface area contributed by atoms with Crippen LogP contribution in [0.25, 0.3) is 0 Å². The molecule has 1 atom stereocenters. The van der Waals surface area contributed by atoms with Crippen LogP contribution >= 0.6 is 0 Å². The predicted molar refractivity (Wildman–Crippen MR) is 64.3 cm³/mol. The second-order valence-electron chi connectivity index (χ2n) is 4.46. The first-order chi connectivity index (χ1) is 7.66. The topological polar surface area (TPSA) is 62.4 Å². The van der Waals surface area contributed by atoms with Crippen molar-refractivity contribution >= 4 is 5.82 Å². The highest BCUT2D eigenvalue weighted by Crippen LogP contribution is 2.19. The molecular weight excluding hydrogens is 202 g/mol. The van der Waals surface area contributed by atoms with Crippen LogP contribution in [0.4, 0.5) is 5.82 Å². The Hall–Kier alpha value is -1.13. The third-order valence-corrected chi connectivity index (χ3v) is 3.09. The van der Waals surface area contributed by atoms with E-state index in [9.17, 15) is 5.11 Å². The van der Waals surface area contributed by atoms with Gasteiger partial charge in [0.25, 0.3) is 0 Å². The van der Waals surface area contributed by atoms with Gasteiger partial charge < -0.3 is 15.7 Å². The lowest BCUT2D eigenvalue weighted by Crippen LogP contribution is -2.36. The van der Waals surface area contributed by atoms with Crippen LogP contribution in [-0.4, -0.2) is 29.3 Å². The fourth-order valence-corrected chi connectivity index (χ4v) is 1.95. The molecule has 1 fully saturated rings. The van der Waals surface area contributed by atoms with E-state index in [1.165, 1.54) is 0 Å². The fourth-order valence-electron chi connectivity index (χ4n) is 1.95. The van der Waals surface area contributed by atoms with Gasteiger partial charge in [0.2, 0.25) is 0 Å². The first kappa shape index (κ1) is 11.4. The molecule has 88 valence electrons. The second-order valence-corrected chi connectivity index (χ2v) is 4.46. The monoisotopic (exact) mass is 221 g/mol. The molecule has 3 N–H and O–H groups in total. The normalized spacial score (nSPS) is 19.8. The number of aromatic nitrogens is 1. The number of pyridine rings is 1. The van der Waals surface area contributed by atoms with Gasteiger partial charge in [0.15, 0.2) is 0 Å². The minimum atomic E-state index is -0.139. The van der Waals surface area contributed by atoms with E-state index < -0.39 is 0 Å². The number of aliphatic hydroxyl groups excluding tert-OH is 1. The van der Waals surface area contributed by atoms with Gasteiger partial charge in [0, 0.05) is 25.3 Å². The maximum absolute atomic E-state index is 9.43. The minimum absolute atomic E-state index is 0.0322. The first-order valence-corrected chi connectivity index (χ1v) is 5.81. The zero-order chi connectivity index (χ0) is 11.5. The molecule has 0 radical (unpaired) electrons. The maximum atomic E-state index is 9.43. The molecular formula is C12H19N3O. The van der Waals surface area contributed by atoms with Crippen LogP contribution in [0.5, 0.6) is 0 Å². The van der Waals surface area contributed by atoms with Crippen molar-refractivity contribution in [3.05, 3.63) is 23.9 Å². The summed E-state index contributed by atoms with van der Waals surface area (Å²) in [6.45, 7) is 3.71. The molecule has 1 aliphatic rings. The molecule has 0 bridgehead atoms. The summed E-state index contributed by atoms with van der Waals surface area (Å²) in [6, 6.07) is 4.07. The molecule has 1 saturated heterocycles. The quantitative estimate of drug-likeness (QED) is 0.784. The molecule has 1 aliphatic heterocycles. The number of nitrogens with two attached hydrogens (primary N) is 1. The molecule has 4 nitrogen and oxygen atoms in total. The summed E-state index contributed by atoms with van der Waals surface area (Å²) in [4.78, 5) is 6.62. The largest absolute Gasteiger partial charge is 0.393 e. The first-order valence-electron chi connectivity index (χ1n) is 5.81. The highest BCUT2D eigenvalue weighted by Gasteiger charge is 2.17. The SMILES string of the molecule is CC(N)c1ccc(N2CCC(O)CC2)nc1. The van der Waals surface area contributed by atoms with Gasteiger partial charge in [0.1, 0.15) is 5.82 Å². The number of hydrogen-bond acceptors (Lipinski definition) is 4. The van der Waals surface area contributed by atoms with E-state index in [0.717, 1.165) is 37.3 Å². The standard InChI is InChI=1S/C12H19N3O/c1-9(13)10-2-3-12(14-8-10)15-6-4-11(16)5-7-15/h2-3,8-9,11,16H,4-7,13H2,1H3. The van der Waals surface area contributed by atoms with Crippen molar-refractivity contribution in [2.45, 2.75) is 31.9 Å². The third kappa shape index (κ3) is 2.51. The molecule has 0 aromatic carbocycles. The average Bonchev–Trinajstić information content (AvgIpc) is 2.30. The van der Waals surface area contributed by atoms with Gasteiger partial charge in [-0.2, -0.15) is 0 Å². The van der Waals surface area contributed by atoms with Crippen LogP contribution in [0.3, 0.4) is 0 Å². The Morgan fingerprint density at radius 3 is 2.62 bits per heavy atom. The van der Waals surface area contributed by atoms with Gasteiger partial charge in [-0.15, -0.1) is 0 Å². The van der Waals surface area contributed by atoms with E-state index in [2.05, 4.69) is 9.88 Å². The van der Waals surface area contributed by atoms with Crippen molar-refractivity contribution in [3.8, 4) is 0 Å². The Bertz CT molecular complexity index is 329. The number of nitrogens with zero attached hydrogens (tertiary/aromatic N) is 2. The highest BCUT2D eigenvalue weighted by molar-refractivity contribution is 5.40. The number of piperidine rings is 1. The van der Waals surface area contributed by atoms with Crippen molar-refractivity contribution in [2.24, 2.45) is 5.73 Å². The van der Waals surface area contributed by atoms with Crippen molar-refractivity contribution in [2.75, 3.05) is 18.0 Å². The smallest absolute Gasteiger partial charge is 0.128 e. The molecule has 0 spiro atoms. The Morgan fingerprint density at radius 2 is 2.12 bits per heavy atom. The summed E-state index contributed by atoms with van der Waals surface area (Å²) in [5, 5.41) is 9.43.